The highest BCUT2D eigenvalue weighted by atomic mass is 16.6. The Morgan fingerprint density at radius 2 is 1.93 bits per heavy atom. The van der Waals surface area contributed by atoms with Gasteiger partial charge in [-0.3, -0.25) is 10.1 Å². The molecule has 0 unspecified atom stereocenters. The SMILES string of the molecule is CC(C)(C)c1c(O)cccc1[N+](=O)[O-]. The first kappa shape index (κ1) is 10.5. The number of phenols is 1. The van der Waals surface area contributed by atoms with Gasteiger partial charge in [-0.05, 0) is 11.5 Å². The van der Waals surface area contributed by atoms with Crippen molar-refractivity contribution in [3.63, 3.8) is 0 Å². The lowest BCUT2D eigenvalue weighted by atomic mass is 9.85. The summed E-state index contributed by atoms with van der Waals surface area (Å²) in [5.41, 5.74) is -0.0872. The van der Waals surface area contributed by atoms with E-state index in [1.807, 2.05) is 20.8 Å². The third-order valence-corrected chi connectivity index (χ3v) is 1.97. The second kappa shape index (κ2) is 3.29. The van der Waals surface area contributed by atoms with Gasteiger partial charge in [-0.25, -0.2) is 0 Å². The van der Waals surface area contributed by atoms with Gasteiger partial charge in [0.25, 0.3) is 5.69 Å². The van der Waals surface area contributed by atoms with E-state index in [0.29, 0.717) is 5.56 Å². The predicted octanol–water partition coefficient (Wildman–Crippen LogP) is 2.60. The van der Waals surface area contributed by atoms with Crippen molar-refractivity contribution in [2.45, 2.75) is 26.2 Å². The summed E-state index contributed by atoms with van der Waals surface area (Å²) in [6.07, 6.45) is 0. The second-order valence-corrected chi connectivity index (χ2v) is 4.18. The Morgan fingerprint density at radius 3 is 2.29 bits per heavy atom. The van der Waals surface area contributed by atoms with Gasteiger partial charge in [-0.1, -0.05) is 26.8 Å². The van der Waals surface area contributed by atoms with E-state index in [2.05, 4.69) is 0 Å². The van der Waals surface area contributed by atoms with Crippen molar-refractivity contribution >= 4 is 5.69 Å². The molecule has 0 atom stereocenters. The van der Waals surface area contributed by atoms with Gasteiger partial charge >= 0.3 is 0 Å². The maximum absolute atomic E-state index is 10.7. The van der Waals surface area contributed by atoms with Gasteiger partial charge in [-0.15, -0.1) is 0 Å². The van der Waals surface area contributed by atoms with Crippen molar-refractivity contribution < 1.29 is 10.0 Å². The first-order chi connectivity index (χ1) is 6.34. The summed E-state index contributed by atoms with van der Waals surface area (Å²) in [6, 6.07) is 4.34. The molecule has 14 heavy (non-hydrogen) atoms. The molecule has 4 heteroatoms. The molecule has 1 aromatic carbocycles. The van der Waals surface area contributed by atoms with E-state index >= 15 is 0 Å². The third-order valence-electron chi connectivity index (χ3n) is 1.97. The number of nitro benzene ring substituents is 1. The Kier molecular flexibility index (Phi) is 2.47. The molecule has 0 aromatic heterocycles. The van der Waals surface area contributed by atoms with Gasteiger partial charge in [0.05, 0.1) is 10.5 Å². The highest BCUT2D eigenvalue weighted by Crippen LogP contribution is 2.37. The van der Waals surface area contributed by atoms with Gasteiger partial charge in [0.15, 0.2) is 0 Å². The van der Waals surface area contributed by atoms with Crippen LogP contribution in [0.4, 0.5) is 5.69 Å². The standard InChI is InChI=1S/C10H13NO3/c1-10(2,3)9-7(11(13)14)5-4-6-8(9)12/h4-6,12H,1-3H3. The number of benzene rings is 1. The molecule has 0 aliphatic rings. The number of rotatable bonds is 1. The molecule has 0 bridgehead atoms. The summed E-state index contributed by atoms with van der Waals surface area (Å²) >= 11 is 0. The summed E-state index contributed by atoms with van der Waals surface area (Å²) in [7, 11) is 0. The summed E-state index contributed by atoms with van der Waals surface area (Å²) in [5.74, 6) is -0.0216. The molecule has 0 spiro atoms. The maximum atomic E-state index is 10.7. The lowest BCUT2D eigenvalue weighted by Gasteiger charge is -2.19. The van der Waals surface area contributed by atoms with Gasteiger partial charge in [-0.2, -0.15) is 0 Å². The van der Waals surface area contributed by atoms with Crippen LogP contribution in [0.15, 0.2) is 18.2 Å². The van der Waals surface area contributed by atoms with Gasteiger partial charge in [0, 0.05) is 6.07 Å². The average molecular weight is 195 g/mol. The molecule has 0 fully saturated rings. The number of phenolic OH excluding ortho intramolecular Hbond substituents is 1. The van der Waals surface area contributed by atoms with Crippen LogP contribution in [0.5, 0.6) is 5.75 Å². The van der Waals surface area contributed by atoms with Crippen molar-refractivity contribution in [1.82, 2.24) is 0 Å². The topological polar surface area (TPSA) is 63.4 Å². The zero-order valence-corrected chi connectivity index (χ0v) is 8.44. The molecule has 76 valence electrons. The molecule has 0 amide bonds. The number of hydrogen-bond acceptors (Lipinski definition) is 3. The summed E-state index contributed by atoms with van der Waals surface area (Å²) in [6.45, 7) is 5.49. The number of nitrogens with zero attached hydrogens (tertiary/aromatic N) is 1. The highest BCUT2D eigenvalue weighted by Gasteiger charge is 2.27. The van der Waals surface area contributed by atoms with Crippen molar-refractivity contribution in [1.29, 1.82) is 0 Å². The van der Waals surface area contributed by atoms with Crippen LogP contribution in [0.3, 0.4) is 0 Å². The minimum atomic E-state index is -0.472. The van der Waals surface area contributed by atoms with E-state index in [-0.39, 0.29) is 11.4 Å². The summed E-state index contributed by atoms with van der Waals surface area (Å²) < 4.78 is 0. The number of nitro groups is 1. The number of aromatic hydroxyl groups is 1. The first-order valence-corrected chi connectivity index (χ1v) is 4.31. The largest absolute Gasteiger partial charge is 0.507 e. The first-order valence-electron chi connectivity index (χ1n) is 4.31. The maximum Gasteiger partial charge on any atom is 0.276 e. The van der Waals surface area contributed by atoms with E-state index in [9.17, 15) is 15.2 Å². The van der Waals surface area contributed by atoms with Crippen LogP contribution in [0.2, 0.25) is 0 Å². The molecule has 1 aromatic rings. The third kappa shape index (κ3) is 1.84. The lowest BCUT2D eigenvalue weighted by molar-refractivity contribution is -0.386. The Morgan fingerprint density at radius 1 is 1.36 bits per heavy atom. The van der Waals surface area contributed by atoms with Crippen molar-refractivity contribution in [2.75, 3.05) is 0 Å². The molecule has 0 radical (unpaired) electrons. The predicted molar refractivity (Wildman–Crippen MR) is 53.5 cm³/mol. The van der Waals surface area contributed by atoms with Crippen LogP contribution < -0.4 is 0 Å². The Balaban J connectivity index is 3.45. The molecule has 0 aliphatic heterocycles. The quantitative estimate of drug-likeness (QED) is 0.553. The van der Waals surface area contributed by atoms with E-state index in [1.54, 1.807) is 0 Å². The highest BCUT2D eigenvalue weighted by molar-refractivity contribution is 5.52. The molecule has 0 aliphatic carbocycles. The van der Waals surface area contributed by atoms with Crippen LogP contribution in [0.1, 0.15) is 26.3 Å². The van der Waals surface area contributed by atoms with Crippen LogP contribution in [-0.2, 0) is 5.41 Å². The van der Waals surface area contributed by atoms with E-state index in [4.69, 9.17) is 0 Å². The molecule has 4 nitrogen and oxygen atoms in total. The van der Waals surface area contributed by atoms with Gasteiger partial charge in [0.2, 0.25) is 0 Å². The fourth-order valence-corrected chi connectivity index (χ4v) is 1.45. The Labute approximate surface area is 82.3 Å². The van der Waals surface area contributed by atoms with Crippen LogP contribution in [0, 0.1) is 10.1 Å². The van der Waals surface area contributed by atoms with Crippen molar-refractivity contribution in [3.8, 4) is 5.75 Å². The van der Waals surface area contributed by atoms with Gasteiger partial charge < -0.3 is 5.11 Å². The summed E-state index contributed by atoms with van der Waals surface area (Å²) in [5, 5.41) is 20.3. The monoisotopic (exact) mass is 195 g/mol. The average Bonchev–Trinajstić information content (AvgIpc) is 2.01. The second-order valence-electron chi connectivity index (χ2n) is 4.18. The Bertz CT molecular complexity index is 366. The molecular formula is C10H13NO3. The van der Waals surface area contributed by atoms with E-state index in [1.165, 1.54) is 18.2 Å². The van der Waals surface area contributed by atoms with Crippen LogP contribution in [-0.4, -0.2) is 10.0 Å². The molecule has 1 rings (SSSR count). The Hall–Kier alpha value is -1.58. The minimum Gasteiger partial charge on any atom is -0.507 e. The van der Waals surface area contributed by atoms with Crippen LogP contribution in [0.25, 0.3) is 0 Å². The normalized spacial score (nSPS) is 11.4. The van der Waals surface area contributed by atoms with E-state index in [0.717, 1.165) is 0 Å². The molecule has 0 heterocycles. The summed E-state index contributed by atoms with van der Waals surface area (Å²) in [4.78, 5) is 10.2. The lowest BCUT2D eigenvalue weighted by Crippen LogP contribution is -2.13. The number of hydrogen-bond donors (Lipinski definition) is 1. The zero-order chi connectivity index (χ0) is 10.9. The van der Waals surface area contributed by atoms with Crippen LogP contribution >= 0.6 is 0 Å². The van der Waals surface area contributed by atoms with Crippen molar-refractivity contribution in [2.24, 2.45) is 0 Å². The molecule has 0 saturated heterocycles. The fourth-order valence-electron chi connectivity index (χ4n) is 1.45. The fraction of sp³-hybridized carbons (Fsp3) is 0.400. The minimum absolute atomic E-state index is 0.0216. The molecular weight excluding hydrogens is 182 g/mol. The zero-order valence-electron chi connectivity index (χ0n) is 8.44. The molecule has 0 saturated carbocycles. The van der Waals surface area contributed by atoms with Gasteiger partial charge in [0.1, 0.15) is 5.75 Å². The smallest absolute Gasteiger partial charge is 0.276 e. The van der Waals surface area contributed by atoms with E-state index < -0.39 is 10.3 Å². The van der Waals surface area contributed by atoms with Crippen molar-refractivity contribution in [3.05, 3.63) is 33.9 Å². The molecule has 1 N–H and O–H groups in total.